The standard InChI is InChI=1S/C16H13N3O2/c1-19-8-6-10(7-9-19)18-14-13(17)15(20)11-4-2-3-5-12(11)16(14)21/h2-9H,1H3,(H2,17,21)/p+1. The molecule has 0 radical (unpaired) electrons. The van der Waals surface area contributed by atoms with Gasteiger partial charge in [0, 0.05) is 23.3 Å². The normalized spacial score (nSPS) is 14.1. The minimum Gasteiger partial charge on any atom is -0.394 e. The van der Waals surface area contributed by atoms with E-state index in [1.54, 1.807) is 36.4 Å². The Bertz CT molecular complexity index is 776. The van der Waals surface area contributed by atoms with Crippen LogP contribution in [0.15, 0.2) is 60.2 Å². The molecule has 0 atom stereocenters. The highest BCUT2D eigenvalue weighted by Gasteiger charge is 2.30. The number of nitrogens with two attached hydrogens (primary N) is 1. The summed E-state index contributed by atoms with van der Waals surface area (Å²) in [6.45, 7) is 0. The molecule has 0 bridgehead atoms. The quantitative estimate of drug-likeness (QED) is 0.810. The van der Waals surface area contributed by atoms with E-state index < -0.39 is 0 Å². The summed E-state index contributed by atoms with van der Waals surface area (Å²) in [6, 6.07) is 10.3. The van der Waals surface area contributed by atoms with Crippen molar-refractivity contribution in [3.8, 4) is 0 Å². The van der Waals surface area contributed by atoms with E-state index in [2.05, 4.69) is 5.32 Å². The molecule has 2 aromatic rings. The third-order valence-corrected chi connectivity index (χ3v) is 3.41. The second kappa shape index (κ2) is 4.86. The molecule has 1 aliphatic carbocycles. The summed E-state index contributed by atoms with van der Waals surface area (Å²) in [5.74, 6) is -0.592. The first kappa shape index (κ1) is 13.1. The number of aryl methyl sites for hydroxylation is 1. The van der Waals surface area contributed by atoms with E-state index in [0.29, 0.717) is 16.8 Å². The Kier molecular flexibility index (Phi) is 3.02. The minimum absolute atomic E-state index is 0.0491. The van der Waals surface area contributed by atoms with Crippen LogP contribution in [0.2, 0.25) is 0 Å². The van der Waals surface area contributed by atoms with Gasteiger partial charge >= 0.3 is 0 Å². The van der Waals surface area contributed by atoms with Crippen molar-refractivity contribution in [1.82, 2.24) is 0 Å². The molecular formula is C16H14N3O2+. The second-order valence-electron chi connectivity index (χ2n) is 4.87. The van der Waals surface area contributed by atoms with Crippen molar-refractivity contribution >= 4 is 17.3 Å². The number of Topliss-reactive ketones (excluding diaryl/α,β-unsaturated/α-hetero) is 2. The molecule has 5 nitrogen and oxygen atoms in total. The van der Waals surface area contributed by atoms with Crippen LogP contribution >= 0.6 is 0 Å². The van der Waals surface area contributed by atoms with Crippen molar-refractivity contribution in [3.63, 3.8) is 0 Å². The third-order valence-electron chi connectivity index (χ3n) is 3.41. The van der Waals surface area contributed by atoms with E-state index in [-0.39, 0.29) is 23.0 Å². The number of allylic oxidation sites excluding steroid dienone is 2. The van der Waals surface area contributed by atoms with Gasteiger partial charge in [-0.15, -0.1) is 0 Å². The highest BCUT2D eigenvalue weighted by atomic mass is 16.1. The summed E-state index contributed by atoms with van der Waals surface area (Å²) in [5.41, 5.74) is 7.36. The molecule has 104 valence electrons. The van der Waals surface area contributed by atoms with Crippen molar-refractivity contribution in [2.45, 2.75) is 0 Å². The molecule has 0 aliphatic heterocycles. The number of carbonyl (C=O) groups excluding carboxylic acids is 2. The molecule has 0 saturated carbocycles. The van der Waals surface area contributed by atoms with Gasteiger partial charge in [-0.05, 0) is 0 Å². The topological polar surface area (TPSA) is 76.1 Å². The van der Waals surface area contributed by atoms with Crippen LogP contribution in [0.3, 0.4) is 0 Å². The van der Waals surface area contributed by atoms with Crippen LogP contribution in [0.25, 0.3) is 0 Å². The van der Waals surface area contributed by atoms with E-state index in [0.717, 1.165) is 0 Å². The van der Waals surface area contributed by atoms with E-state index in [9.17, 15) is 9.59 Å². The van der Waals surface area contributed by atoms with Crippen LogP contribution in [0.1, 0.15) is 20.7 Å². The molecule has 1 aromatic heterocycles. The second-order valence-corrected chi connectivity index (χ2v) is 4.87. The lowest BCUT2D eigenvalue weighted by molar-refractivity contribution is -0.671. The number of benzene rings is 1. The molecule has 0 saturated heterocycles. The van der Waals surface area contributed by atoms with Crippen LogP contribution in [-0.2, 0) is 7.05 Å². The molecule has 1 aromatic carbocycles. The molecule has 0 unspecified atom stereocenters. The lowest BCUT2D eigenvalue weighted by Crippen LogP contribution is -2.30. The minimum atomic E-state index is -0.325. The van der Waals surface area contributed by atoms with Crippen LogP contribution in [0.5, 0.6) is 0 Å². The molecule has 0 spiro atoms. The number of hydrogen-bond donors (Lipinski definition) is 2. The van der Waals surface area contributed by atoms with Crippen LogP contribution in [-0.4, -0.2) is 11.6 Å². The molecule has 21 heavy (non-hydrogen) atoms. The molecule has 1 aliphatic rings. The van der Waals surface area contributed by atoms with E-state index in [1.807, 2.05) is 24.0 Å². The van der Waals surface area contributed by atoms with Gasteiger partial charge in [-0.3, -0.25) is 9.59 Å². The smallest absolute Gasteiger partial charge is 0.212 e. The fourth-order valence-corrected chi connectivity index (χ4v) is 2.25. The van der Waals surface area contributed by atoms with Crippen LogP contribution < -0.4 is 15.6 Å². The number of nitrogens with one attached hydrogen (secondary N) is 1. The van der Waals surface area contributed by atoms with Gasteiger partial charge in [0.05, 0.1) is 5.69 Å². The average molecular weight is 280 g/mol. The average Bonchev–Trinajstić information content (AvgIpc) is 2.51. The zero-order valence-corrected chi connectivity index (χ0v) is 11.5. The molecule has 3 rings (SSSR count). The van der Waals surface area contributed by atoms with Crippen LogP contribution in [0, 0.1) is 0 Å². The maximum Gasteiger partial charge on any atom is 0.212 e. The number of rotatable bonds is 2. The molecule has 3 N–H and O–H groups in total. The zero-order chi connectivity index (χ0) is 15.0. The van der Waals surface area contributed by atoms with Gasteiger partial charge in [-0.2, -0.15) is 0 Å². The number of ketones is 2. The summed E-state index contributed by atoms with van der Waals surface area (Å²) in [5, 5.41) is 2.95. The predicted molar refractivity (Wildman–Crippen MR) is 77.6 cm³/mol. The summed E-state index contributed by atoms with van der Waals surface area (Å²) < 4.78 is 1.87. The van der Waals surface area contributed by atoms with E-state index >= 15 is 0 Å². The molecule has 0 amide bonds. The van der Waals surface area contributed by atoms with Gasteiger partial charge < -0.3 is 11.1 Å². The molecular weight excluding hydrogens is 266 g/mol. The Balaban J connectivity index is 2.02. The first-order chi connectivity index (χ1) is 10.1. The Morgan fingerprint density at radius 2 is 1.52 bits per heavy atom. The Hall–Kier alpha value is -2.95. The molecule has 5 heteroatoms. The number of anilines is 1. The van der Waals surface area contributed by atoms with E-state index in [4.69, 9.17) is 5.73 Å². The highest BCUT2D eigenvalue weighted by molar-refractivity contribution is 6.27. The van der Waals surface area contributed by atoms with Gasteiger partial charge in [0.1, 0.15) is 18.4 Å². The number of carbonyl (C=O) groups is 2. The van der Waals surface area contributed by atoms with E-state index in [1.165, 1.54) is 0 Å². The lowest BCUT2D eigenvalue weighted by Gasteiger charge is -2.19. The summed E-state index contributed by atoms with van der Waals surface area (Å²) in [6.07, 6.45) is 3.67. The maximum atomic E-state index is 12.5. The predicted octanol–water partition coefficient (Wildman–Crippen LogP) is 1.17. The van der Waals surface area contributed by atoms with Crippen molar-refractivity contribution < 1.29 is 14.2 Å². The Morgan fingerprint density at radius 3 is 2.14 bits per heavy atom. The zero-order valence-electron chi connectivity index (χ0n) is 11.5. The molecule has 0 fully saturated rings. The van der Waals surface area contributed by atoms with Crippen molar-refractivity contribution in [2.75, 3.05) is 5.32 Å². The lowest BCUT2D eigenvalue weighted by atomic mass is 9.90. The SMILES string of the molecule is C[n+]1ccc(NC2=C(N)C(=O)c3ccccc3C2=O)cc1. The Morgan fingerprint density at radius 1 is 0.952 bits per heavy atom. The fraction of sp³-hybridized carbons (Fsp3) is 0.0625. The highest BCUT2D eigenvalue weighted by Crippen LogP contribution is 2.24. The number of pyridine rings is 1. The van der Waals surface area contributed by atoms with Gasteiger partial charge in [-0.25, -0.2) is 4.57 Å². The maximum absolute atomic E-state index is 12.5. The molecule has 1 heterocycles. The van der Waals surface area contributed by atoms with Crippen molar-refractivity contribution in [2.24, 2.45) is 12.8 Å². The fourth-order valence-electron chi connectivity index (χ4n) is 2.25. The number of fused-ring (bicyclic) bond motifs is 1. The van der Waals surface area contributed by atoms with Gasteiger partial charge in [0.15, 0.2) is 12.4 Å². The Labute approximate surface area is 121 Å². The third kappa shape index (κ3) is 2.18. The van der Waals surface area contributed by atoms with Crippen LogP contribution in [0.4, 0.5) is 5.69 Å². The summed E-state index contributed by atoms with van der Waals surface area (Å²) >= 11 is 0. The van der Waals surface area contributed by atoms with Gasteiger partial charge in [0.2, 0.25) is 11.6 Å². The monoisotopic (exact) mass is 280 g/mol. The van der Waals surface area contributed by atoms with Crippen molar-refractivity contribution in [3.05, 3.63) is 71.3 Å². The summed E-state index contributed by atoms with van der Waals surface area (Å²) in [7, 11) is 1.89. The first-order valence-electron chi connectivity index (χ1n) is 6.48. The number of aromatic nitrogens is 1. The number of hydrogen-bond acceptors (Lipinski definition) is 4. The largest absolute Gasteiger partial charge is 0.394 e. The first-order valence-corrected chi connectivity index (χ1v) is 6.48. The van der Waals surface area contributed by atoms with Gasteiger partial charge in [0.25, 0.3) is 0 Å². The van der Waals surface area contributed by atoms with Gasteiger partial charge in [-0.1, -0.05) is 24.3 Å². The summed E-state index contributed by atoms with van der Waals surface area (Å²) in [4.78, 5) is 24.7. The van der Waals surface area contributed by atoms with Crippen molar-refractivity contribution in [1.29, 1.82) is 0 Å². The number of nitrogens with zero attached hydrogens (tertiary/aromatic N) is 1.